The molecule has 1 aromatic carbocycles. The molecule has 2 rings (SSSR count). The average Bonchev–Trinajstić information content (AvgIpc) is 2.25. The van der Waals surface area contributed by atoms with Crippen molar-refractivity contribution in [2.45, 2.75) is 30.8 Å². The van der Waals surface area contributed by atoms with Crippen molar-refractivity contribution in [2.24, 2.45) is 5.73 Å². The fourth-order valence-electron chi connectivity index (χ4n) is 2.82. The zero-order valence-corrected chi connectivity index (χ0v) is 9.86. The molecule has 1 saturated carbocycles. The summed E-state index contributed by atoms with van der Waals surface area (Å²) in [6.45, 7) is 2.44. The van der Waals surface area contributed by atoms with E-state index in [1.54, 1.807) is 7.11 Å². The fourth-order valence-corrected chi connectivity index (χ4v) is 2.82. The molecule has 0 heterocycles. The van der Waals surface area contributed by atoms with Crippen LogP contribution in [0.2, 0.25) is 0 Å². The molecule has 0 bridgehead atoms. The van der Waals surface area contributed by atoms with Crippen molar-refractivity contribution in [1.82, 2.24) is 0 Å². The van der Waals surface area contributed by atoms with E-state index in [1.807, 2.05) is 31.2 Å². The minimum absolute atomic E-state index is 0.0459. The molecule has 0 atom stereocenters. The highest BCUT2D eigenvalue weighted by atomic mass is 16.5. The molecule has 0 amide bonds. The Kier molecular flexibility index (Phi) is 2.68. The lowest BCUT2D eigenvalue weighted by Gasteiger charge is -2.51. The molecule has 1 aliphatic carbocycles. The Bertz CT molecular complexity index is 362. The smallest absolute Gasteiger partial charge is 0.118 e. The van der Waals surface area contributed by atoms with Crippen LogP contribution in [0.3, 0.4) is 0 Å². The van der Waals surface area contributed by atoms with Gasteiger partial charge >= 0.3 is 0 Å². The lowest BCUT2D eigenvalue weighted by molar-refractivity contribution is -0.0726. The summed E-state index contributed by atoms with van der Waals surface area (Å²) in [4.78, 5) is 0. The van der Waals surface area contributed by atoms with Crippen LogP contribution in [0.1, 0.15) is 25.3 Å². The van der Waals surface area contributed by atoms with Crippen LogP contribution in [0.15, 0.2) is 24.3 Å². The molecule has 1 fully saturated rings. The molecule has 3 nitrogen and oxygen atoms in total. The van der Waals surface area contributed by atoms with Crippen molar-refractivity contribution < 1.29 is 9.84 Å². The van der Waals surface area contributed by atoms with E-state index in [9.17, 15) is 5.11 Å². The highest BCUT2D eigenvalue weighted by molar-refractivity contribution is 5.36. The van der Waals surface area contributed by atoms with E-state index in [-0.39, 0.29) is 5.41 Å². The molecular formula is C13H19NO2. The van der Waals surface area contributed by atoms with Crippen LogP contribution in [-0.4, -0.2) is 24.4 Å². The van der Waals surface area contributed by atoms with Crippen LogP contribution in [-0.2, 0) is 5.41 Å². The fraction of sp³-hybridized carbons (Fsp3) is 0.538. The van der Waals surface area contributed by atoms with E-state index in [0.717, 1.165) is 18.6 Å². The Morgan fingerprint density at radius 1 is 1.31 bits per heavy atom. The lowest BCUT2D eigenvalue weighted by Crippen LogP contribution is -2.56. The second-order valence-electron chi connectivity index (χ2n) is 5.06. The summed E-state index contributed by atoms with van der Waals surface area (Å²) in [5.41, 5.74) is 6.44. The van der Waals surface area contributed by atoms with E-state index >= 15 is 0 Å². The number of benzene rings is 1. The number of nitrogens with two attached hydrogens (primary N) is 1. The van der Waals surface area contributed by atoms with Gasteiger partial charge in [-0.2, -0.15) is 0 Å². The third kappa shape index (κ3) is 1.81. The van der Waals surface area contributed by atoms with Crippen molar-refractivity contribution in [1.29, 1.82) is 0 Å². The Balaban J connectivity index is 2.22. The molecule has 0 radical (unpaired) electrons. The Labute approximate surface area is 96.2 Å². The van der Waals surface area contributed by atoms with Gasteiger partial charge in [0.15, 0.2) is 0 Å². The van der Waals surface area contributed by atoms with E-state index < -0.39 is 5.60 Å². The standard InChI is InChI=1S/C13H19NO2/c1-12(15)7-13(8-12,9-14)10-3-5-11(16-2)6-4-10/h3-6,15H,7-9,14H2,1-2H3. The van der Waals surface area contributed by atoms with Crippen LogP contribution < -0.4 is 10.5 Å². The van der Waals surface area contributed by atoms with Gasteiger partial charge in [0.1, 0.15) is 5.75 Å². The zero-order chi connectivity index (χ0) is 11.8. The van der Waals surface area contributed by atoms with Gasteiger partial charge in [0, 0.05) is 12.0 Å². The summed E-state index contributed by atoms with van der Waals surface area (Å²) >= 11 is 0. The second-order valence-corrected chi connectivity index (χ2v) is 5.06. The number of hydrogen-bond acceptors (Lipinski definition) is 3. The van der Waals surface area contributed by atoms with Crippen molar-refractivity contribution in [3.8, 4) is 5.75 Å². The van der Waals surface area contributed by atoms with Crippen molar-refractivity contribution in [3.05, 3.63) is 29.8 Å². The molecule has 16 heavy (non-hydrogen) atoms. The molecule has 1 aliphatic rings. The predicted octanol–water partition coefficient (Wildman–Crippen LogP) is 1.44. The van der Waals surface area contributed by atoms with Crippen molar-refractivity contribution >= 4 is 0 Å². The van der Waals surface area contributed by atoms with Gasteiger partial charge in [-0.15, -0.1) is 0 Å². The van der Waals surface area contributed by atoms with Gasteiger partial charge in [-0.1, -0.05) is 12.1 Å². The quantitative estimate of drug-likeness (QED) is 0.812. The van der Waals surface area contributed by atoms with Gasteiger partial charge in [0.05, 0.1) is 12.7 Å². The molecule has 1 aromatic rings. The largest absolute Gasteiger partial charge is 0.497 e. The van der Waals surface area contributed by atoms with Crippen LogP contribution in [0.25, 0.3) is 0 Å². The van der Waals surface area contributed by atoms with Gasteiger partial charge in [-0.3, -0.25) is 0 Å². The molecule has 0 saturated heterocycles. The number of rotatable bonds is 3. The maximum atomic E-state index is 9.86. The van der Waals surface area contributed by atoms with E-state index in [1.165, 1.54) is 5.56 Å². The Hall–Kier alpha value is -1.06. The van der Waals surface area contributed by atoms with Gasteiger partial charge in [0.25, 0.3) is 0 Å². The monoisotopic (exact) mass is 221 g/mol. The number of aliphatic hydroxyl groups is 1. The first-order valence-electron chi connectivity index (χ1n) is 5.58. The number of hydrogen-bond donors (Lipinski definition) is 2. The van der Waals surface area contributed by atoms with Gasteiger partial charge < -0.3 is 15.6 Å². The molecule has 88 valence electrons. The molecule has 3 N–H and O–H groups in total. The van der Waals surface area contributed by atoms with E-state index in [4.69, 9.17) is 10.5 Å². The summed E-state index contributed by atoms with van der Waals surface area (Å²) in [6.07, 6.45) is 1.48. The van der Waals surface area contributed by atoms with E-state index in [2.05, 4.69) is 0 Å². The first-order valence-corrected chi connectivity index (χ1v) is 5.58. The molecule has 3 heteroatoms. The maximum absolute atomic E-state index is 9.86. The summed E-state index contributed by atoms with van der Waals surface area (Å²) < 4.78 is 5.13. The minimum Gasteiger partial charge on any atom is -0.497 e. The first-order chi connectivity index (χ1) is 7.51. The van der Waals surface area contributed by atoms with Crippen molar-refractivity contribution in [3.63, 3.8) is 0 Å². The Morgan fingerprint density at radius 3 is 2.25 bits per heavy atom. The molecule has 0 unspecified atom stereocenters. The molecule has 0 aromatic heterocycles. The van der Waals surface area contributed by atoms with Crippen LogP contribution in [0.4, 0.5) is 0 Å². The van der Waals surface area contributed by atoms with E-state index in [0.29, 0.717) is 6.54 Å². The first kappa shape index (κ1) is 11.4. The predicted molar refractivity (Wildman–Crippen MR) is 63.6 cm³/mol. The summed E-state index contributed by atoms with van der Waals surface area (Å²) in [5.74, 6) is 0.849. The van der Waals surface area contributed by atoms with Gasteiger partial charge in [-0.25, -0.2) is 0 Å². The zero-order valence-electron chi connectivity index (χ0n) is 9.86. The third-order valence-electron chi connectivity index (χ3n) is 3.53. The third-order valence-corrected chi connectivity index (χ3v) is 3.53. The number of methoxy groups -OCH3 is 1. The second kappa shape index (κ2) is 3.75. The summed E-state index contributed by atoms with van der Waals surface area (Å²) in [5, 5.41) is 9.86. The SMILES string of the molecule is COc1ccc(C2(CN)CC(C)(O)C2)cc1. The van der Waals surface area contributed by atoms with Crippen LogP contribution >= 0.6 is 0 Å². The van der Waals surface area contributed by atoms with Crippen LogP contribution in [0, 0.1) is 0 Å². The average molecular weight is 221 g/mol. The van der Waals surface area contributed by atoms with Crippen molar-refractivity contribution in [2.75, 3.05) is 13.7 Å². The van der Waals surface area contributed by atoms with Gasteiger partial charge in [-0.05, 0) is 37.5 Å². The highest BCUT2D eigenvalue weighted by Crippen LogP contribution is 2.49. The Morgan fingerprint density at radius 2 is 1.88 bits per heavy atom. The maximum Gasteiger partial charge on any atom is 0.118 e. The normalized spacial score (nSPS) is 33.2. The van der Waals surface area contributed by atoms with Crippen LogP contribution in [0.5, 0.6) is 5.75 Å². The molecule has 0 spiro atoms. The number of ether oxygens (including phenoxy) is 1. The highest BCUT2D eigenvalue weighted by Gasteiger charge is 2.50. The summed E-state index contributed by atoms with van der Waals surface area (Å²) in [7, 11) is 1.65. The van der Waals surface area contributed by atoms with Gasteiger partial charge in [0.2, 0.25) is 0 Å². The molecule has 0 aliphatic heterocycles. The molecular weight excluding hydrogens is 202 g/mol. The summed E-state index contributed by atoms with van der Waals surface area (Å²) in [6, 6.07) is 7.97. The topological polar surface area (TPSA) is 55.5 Å². The minimum atomic E-state index is -0.556. The lowest BCUT2D eigenvalue weighted by atomic mass is 9.57.